The summed E-state index contributed by atoms with van der Waals surface area (Å²) >= 11 is 1.40. The number of aromatic nitrogens is 3. The number of hydrogen-bond donors (Lipinski definition) is 1. The quantitative estimate of drug-likeness (QED) is 0.496. The minimum Gasteiger partial charge on any atom is -0.301 e. The highest BCUT2D eigenvalue weighted by Gasteiger charge is 2.33. The number of alkyl halides is 3. The van der Waals surface area contributed by atoms with Crippen molar-refractivity contribution >= 4 is 11.8 Å². The SMILES string of the molecule is CSc1nc2c(c(=O)[nH]1)CN(Cc1ccc(-c3ccccc3C(F)(F)F)nc1)CC2. The van der Waals surface area contributed by atoms with Crippen LogP contribution in [0.25, 0.3) is 11.3 Å². The number of pyridine rings is 1. The topological polar surface area (TPSA) is 61.9 Å². The molecule has 0 aliphatic carbocycles. The van der Waals surface area contributed by atoms with Crippen LogP contribution in [0.4, 0.5) is 13.2 Å². The highest BCUT2D eigenvalue weighted by atomic mass is 32.2. The summed E-state index contributed by atoms with van der Waals surface area (Å²) in [5.41, 5.74) is 1.89. The van der Waals surface area contributed by atoms with Crippen molar-refractivity contribution in [2.45, 2.75) is 30.8 Å². The van der Waals surface area contributed by atoms with Crippen molar-refractivity contribution in [2.75, 3.05) is 12.8 Å². The molecule has 0 radical (unpaired) electrons. The van der Waals surface area contributed by atoms with Crippen LogP contribution in [0.3, 0.4) is 0 Å². The molecular formula is C21H19F3N4OS. The second-order valence-electron chi connectivity index (χ2n) is 7.06. The van der Waals surface area contributed by atoms with Gasteiger partial charge in [0.25, 0.3) is 5.56 Å². The molecule has 5 nitrogen and oxygen atoms in total. The first kappa shape index (κ1) is 20.6. The first-order valence-electron chi connectivity index (χ1n) is 9.35. The van der Waals surface area contributed by atoms with Crippen molar-refractivity contribution in [3.05, 3.63) is 75.3 Å². The van der Waals surface area contributed by atoms with E-state index in [4.69, 9.17) is 0 Å². The van der Waals surface area contributed by atoms with Crippen molar-refractivity contribution in [2.24, 2.45) is 0 Å². The summed E-state index contributed by atoms with van der Waals surface area (Å²) in [6.45, 7) is 1.78. The minimum absolute atomic E-state index is 0.0608. The predicted molar refractivity (Wildman–Crippen MR) is 109 cm³/mol. The number of nitrogens with zero attached hydrogens (tertiary/aromatic N) is 3. The average Bonchev–Trinajstić information content (AvgIpc) is 2.74. The molecule has 0 fully saturated rings. The molecule has 30 heavy (non-hydrogen) atoms. The number of aromatic amines is 1. The monoisotopic (exact) mass is 432 g/mol. The maximum absolute atomic E-state index is 13.3. The first-order valence-corrected chi connectivity index (χ1v) is 10.6. The van der Waals surface area contributed by atoms with Crippen LogP contribution < -0.4 is 5.56 Å². The lowest BCUT2D eigenvalue weighted by Gasteiger charge is -2.27. The fourth-order valence-electron chi connectivity index (χ4n) is 3.58. The Morgan fingerprint density at radius 2 is 2.00 bits per heavy atom. The average molecular weight is 432 g/mol. The lowest BCUT2D eigenvalue weighted by molar-refractivity contribution is -0.137. The van der Waals surface area contributed by atoms with E-state index >= 15 is 0 Å². The number of benzene rings is 1. The van der Waals surface area contributed by atoms with E-state index in [1.807, 2.05) is 6.26 Å². The molecule has 4 rings (SSSR count). The smallest absolute Gasteiger partial charge is 0.301 e. The van der Waals surface area contributed by atoms with E-state index < -0.39 is 11.7 Å². The highest BCUT2D eigenvalue weighted by Crippen LogP contribution is 2.36. The van der Waals surface area contributed by atoms with Crippen LogP contribution in [-0.4, -0.2) is 32.7 Å². The lowest BCUT2D eigenvalue weighted by Crippen LogP contribution is -2.35. The Labute approximate surface area is 175 Å². The molecule has 0 bridgehead atoms. The Bertz CT molecular complexity index is 1110. The van der Waals surface area contributed by atoms with Gasteiger partial charge in [-0.25, -0.2) is 4.98 Å². The molecule has 156 valence electrons. The molecule has 1 N–H and O–H groups in total. The molecule has 3 aromatic rings. The van der Waals surface area contributed by atoms with Gasteiger partial charge in [0, 0.05) is 37.8 Å². The minimum atomic E-state index is -4.44. The normalized spacial score (nSPS) is 14.5. The molecule has 0 saturated carbocycles. The summed E-state index contributed by atoms with van der Waals surface area (Å²) in [6.07, 6.45) is -0.298. The summed E-state index contributed by atoms with van der Waals surface area (Å²) in [5, 5.41) is 0.617. The largest absolute Gasteiger partial charge is 0.417 e. The van der Waals surface area contributed by atoms with E-state index in [-0.39, 0.29) is 16.8 Å². The van der Waals surface area contributed by atoms with E-state index in [1.165, 1.54) is 23.9 Å². The number of hydrogen-bond acceptors (Lipinski definition) is 5. The molecule has 1 aliphatic heterocycles. The molecule has 2 aromatic heterocycles. The Hall–Kier alpha value is -2.65. The predicted octanol–water partition coefficient (Wildman–Crippen LogP) is 4.13. The van der Waals surface area contributed by atoms with E-state index in [0.29, 0.717) is 30.2 Å². The Balaban J connectivity index is 1.51. The number of halogens is 3. The molecule has 9 heteroatoms. The van der Waals surface area contributed by atoms with Gasteiger partial charge in [-0.3, -0.25) is 14.7 Å². The number of H-pyrrole nitrogens is 1. The van der Waals surface area contributed by atoms with Crippen molar-refractivity contribution in [1.29, 1.82) is 0 Å². The Morgan fingerprint density at radius 1 is 1.20 bits per heavy atom. The maximum atomic E-state index is 13.3. The van der Waals surface area contributed by atoms with Crippen LogP contribution in [0.2, 0.25) is 0 Å². The van der Waals surface area contributed by atoms with Gasteiger partial charge in [0.15, 0.2) is 5.16 Å². The second-order valence-corrected chi connectivity index (χ2v) is 7.85. The number of fused-ring (bicyclic) bond motifs is 1. The zero-order chi connectivity index (χ0) is 21.3. The zero-order valence-electron chi connectivity index (χ0n) is 16.2. The number of nitrogens with one attached hydrogen (secondary N) is 1. The molecule has 0 unspecified atom stereocenters. The molecule has 0 atom stereocenters. The summed E-state index contributed by atoms with van der Waals surface area (Å²) in [5.74, 6) is 0. The van der Waals surface area contributed by atoms with Gasteiger partial charge in [-0.2, -0.15) is 13.2 Å². The van der Waals surface area contributed by atoms with Crippen molar-refractivity contribution in [3.8, 4) is 11.3 Å². The van der Waals surface area contributed by atoms with Gasteiger partial charge in [0.05, 0.1) is 22.5 Å². The summed E-state index contributed by atoms with van der Waals surface area (Å²) < 4.78 is 39.8. The summed E-state index contributed by atoms with van der Waals surface area (Å²) in [4.78, 5) is 26.0. The fraction of sp³-hybridized carbons (Fsp3) is 0.286. The second kappa shape index (κ2) is 8.23. The van der Waals surface area contributed by atoms with Gasteiger partial charge in [-0.05, 0) is 24.0 Å². The van der Waals surface area contributed by atoms with Crippen LogP contribution in [0.15, 0.2) is 52.5 Å². The molecule has 0 spiro atoms. The van der Waals surface area contributed by atoms with Crippen LogP contribution in [0, 0.1) is 0 Å². The standard InChI is InChI=1S/C21H19F3N4OS/c1-30-20-26-18-8-9-28(12-15(18)19(29)27-20)11-13-6-7-17(25-10-13)14-4-2-3-5-16(14)21(22,23)24/h2-7,10H,8-9,11-12H2,1H3,(H,26,27,29). The molecule has 0 amide bonds. The third-order valence-corrected chi connectivity index (χ3v) is 5.64. The van der Waals surface area contributed by atoms with Crippen LogP contribution in [-0.2, 0) is 25.7 Å². The zero-order valence-corrected chi connectivity index (χ0v) is 17.0. The third-order valence-electron chi connectivity index (χ3n) is 5.06. The summed E-state index contributed by atoms with van der Waals surface area (Å²) in [7, 11) is 0. The van der Waals surface area contributed by atoms with E-state index in [9.17, 15) is 18.0 Å². The van der Waals surface area contributed by atoms with Gasteiger partial charge in [0.2, 0.25) is 0 Å². The lowest BCUT2D eigenvalue weighted by atomic mass is 10.0. The fourth-order valence-corrected chi connectivity index (χ4v) is 3.98. The van der Waals surface area contributed by atoms with Gasteiger partial charge < -0.3 is 4.98 Å². The van der Waals surface area contributed by atoms with Gasteiger partial charge >= 0.3 is 6.18 Å². The Morgan fingerprint density at radius 3 is 2.70 bits per heavy atom. The van der Waals surface area contributed by atoms with Crippen LogP contribution in [0.5, 0.6) is 0 Å². The molecule has 0 saturated heterocycles. The van der Waals surface area contributed by atoms with E-state index in [0.717, 1.165) is 23.9 Å². The summed E-state index contributed by atoms with van der Waals surface area (Å²) in [6, 6.07) is 8.81. The van der Waals surface area contributed by atoms with Crippen molar-refractivity contribution in [3.63, 3.8) is 0 Å². The highest BCUT2D eigenvalue weighted by molar-refractivity contribution is 7.98. The van der Waals surface area contributed by atoms with Crippen molar-refractivity contribution in [1.82, 2.24) is 19.9 Å². The first-order chi connectivity index (χ1) is 14.3. The van der Waals surface area contributed by atoms with E-state index in [1.54, 1.807) is 24.4 Å². The number of rotatable bonds is 4. The van der Waals surface area contributed by atoms with Crippen LogP contribution in [0.1, 0.15) is 22.4 Å². The third kappa shape index (κ3) is 4.27. The molecular weight excluding hydrogens is 413 g/mol. The van der Waals surface area contributed by atoms with Crippen LogP contribution >= 0.6 is 11.8 Å². The van der Waals surface area contributed by atoms with E-state index in [2.05, 4.69) is 19.9 Å². The molecule has 1 aromatic carbocycles. The molecule has 3 heterocycles. The molecule has 1 aliphatic rings. The van der Waals surface area contributed by atoms with Gasteiger partial charge in [-0.1, -0.05) is 36.0 Å². The van der Waals surface area contributed by atoms with Crippen molar-refractivity contribution < 1.29 is 13.2 Å². The van der Waals surface area contributed by atoms with Gasteiger partial charge in [-0.15, -0.1) is 0 Å². The van der Waals surface area contributed by atoms with Gasteiger partial charge in [0.1, 0.15) is 0 Å². The number of thioether (sulfide) groups is 1. The Kier molecular flexibility index (Phi) is 5.66. The maximum Gasteiger partial charge on any atom is 0.417 e.